The highest BCUT2D eigenvalue weighted by Gasteiger charge is 2.52. The molecule has 2 aromatic carbocycles. The zero-order chi connectivity index (χ0) is 25.2. The predicted octanol–water partition coefficient (Wildman–Crippen LogP) is 6.96. The first-order valence-electron chi connectivity index (χ1n) is 12.7. The predicted molar refractivity (Wildman–Crippen MR) is 133 cm³/mol. The summed E-state index contributed by atoms with van der Waals surface area (Å²) in [7, 11) is 0. The van der Waals surface area contributed by atoms with Crippen molar-refractivity contribution >= 4 is 0 Å². The van der Waals surface area contributed by atoms with E-state index in [1.54, 1.807) is 6.20 Å². The van der Waals surface area contributed by atoms with Gasteiger partial charge in [0.1, 0.15) is 12.4 Å². The summed E-state index contributed by atoms with van der Waals surface area (Å²) in [5, 5.41) is 11.2. The van der Waals surface area contributed by atoms with E-state index in [1.807, 2.05) is 42.5 Å². The number of halogens is 3. The van der Waals surface area contributed by atoms with Gasteiger partial charge in [-0.3, -0.25) is 4.98 Å². The van der Waals surface area contributed by atoms with E-state index in [4.69, 9.17) is 4.74 Å². The topological polar surface area (TPSA) is 42.4 Å². The number of nitrogens with zero attached hydrogens (tertiary/aromatic N) is 1. The highest BCUT2D eigenvalue weighted by atomic mass is 19.4. The Labute approximate surface area is 210 Å². The molecule has 0 spiro atoms. The van der Waals surface area contributed by atoms with E-state index >= 15 is 0 Å². The Morgan fingerprint density at radius 3 is 2.56 bits per heavy atom. The van der Waals surface area contributed by atoms with Crippen LogP contribution in [0, 0.1) is 5.92 Å². The van der Waals surface area contributed by atoms with Crippen molar-refractivity contribution in [2.24, 2.45) is 5.92 Å². The molecule has 190 valence electrons. The van der Waals surface area contributed by atoms with Gasteiger partial charge in [-0.2, -0.15) is 13.2 Å². The summed E-state index contributed by atoms with van der Waals surface area (Å²) in [4.78, 5) is 4.32. The summed E-state index contributed by atoms with van der Waals surface area (Å²) < 4.78 is 44.9. The van der Waals surface area contributed by atoms with Crippen LogP contribution in [-0.2, 0) is 24.9 Å². The third-order valence-corrected chi connectivity index (χ3v) is 8.17. The van der Waals surface area contributed by atoms with Gasteiger partial charge in [-0.15, -0.1) is 0 Å². The highest BCUT2D eigenvalue weighted by molar-refractivity contribution is 5.45. The summed E-state index contributed by atoms with van der Waals surface area (Å²) >= 11 is 0. The minimum Gasteiger partial charge on any atom is -0.487 e. The molecule has 0 radical (unpaired) electrons. The van der Waals surface area contributed by atoms with Gasteiger partial charge in [-0.05, 0) is 91.8 Å². The number of fused-ring (bicyclic) bond motifs is 3. The Bertz CT molecular complexity index is 1170. The number of aromatic nitrogens is 1. The second-order valence-corrected chi connectivity index (χ2v) is 10.5. The standard InChI is InChI=1S/C30H32F3NO2/c31-30(32,33)16-14-28(35)13-15-29(19-22-6-2-1-3-7-22)24(20-28)10-9-23-18-26(11-12-27(23)29)36-21-25-8-4-5-17-34-25/h1-8,11-12,17-18,24,35H,9-10,13-16,19-21H2/t24-,28+,29+/m1/s1. The molecule has 3 nitrogen and oxygen atoms in total. The minimum atomic E-state index is -4.25. The van der Waals surface area contributed by atoms with Gasteiger partial charge in [0.2, 0.25) is 0 Å². The molecule has 2 aliphatic carbocycles. The molecule has 6 heteroatoms. The normalized spacial score (nSPS) is 25.6. The Balaban J connectivity index is 1.42. The fraction of sp³-hybridized carbons (Fsp3) is 0.433. The third-order valence-electron chi connectivity index (χ3n) is 8.17. The van der Waals surface area contributed by atoms with Gasteiger partial charge in [-0.1, -0.05) is 42.5 Å². The van der Waals surface area contributed by atoms with Crippen molar-refractivity contribution < 1.29 is 23.0 Å². The van der Waals surface area contributed by atoms with Crippen LogP contribution in [0.25, 0.3) is 0 Å². The van der Waals surface area contributed by atoms with Gasteiger partial charge in [0.25, 0.3) is 0 Å². The van der Waals surface area contributed by atoms with E-state index in [9.17, 15) is 18.3 Å². The average Bonchev–Trinajstić information content (AvgIpc) is 2.87. The van der Waals surface area contributed by atoms with Crippen molar-refractivity contribution in [3.8, 4) is 5.75 Å². The van der Waals surface area contributed by atoms with Crippen molar-refractivity contribution in [2.45, 2.75) is 75.2 Å². The largest absolute Gasteiger partial charge is 0.487 e. The number of hydrogen-bond donors (Lipinski definition) is 1. The number of aryl methyl sites for hydroxylation is 1. The zero-order valence-corrected chi connectivity index (χ0v) is 20.3. The van der Waals surface area contributed by atoms with Gasteiger partial charge in [0.05, 0.1) is 11.3 Å². The first-order valence-corrected chi connectivity index (χ1v) is 12.7. The van der Waals surface area contributed by atoms with E-state index in [-0.39, 0.29) is 17.8 Å². The summed E-state index contributed by atoms with van der Waals surface area (Å²) in [6.45, 7) is 0.393. The number of rotatable bonds is 7. The maximum Gasteiger partial charge on any atom is 0.389 e. The lowest BCUT2D eigenvalue weighted by molar-refractivity contribution is -0.153. The number of pyridine rings is 1. The Hall–Kier alpha value is -2.86. The lowest BCUT2D eigenvalue weighted by Gasteiger charge is -2.53. The quantitative estimate of drug-likeness (QED) is 0.385. The average molecular weight is 496 g/mol. The number of alkyl halides is 3. The fourth-order valence-electron chi connectivity index (χ4n) is 6.36. The van der Waals surface area contributed by atoms with Crippen LogP contribution in [-0.4, -0.2) is 21.9 Å². The number of ether oxygens (including phenoxy) is 1. The molecule has 1 saturated carbocycles. The second kappa shape index (κ2) is 9.89. The molecule has 0 unspecified atom stereocenters. The van der Waals surface area contributed by atoms with Crippen LogP contribution in [0.15, 0.2) is 72.9 Å². The zero-order valence-electron chi connectivity index (χ0n) is 20.3. The van der Waals surface area contributed by atoms with E-state index in [0.717, 1.165) is 30.7 Å². The Morgan fingerprint density at radius 1 is 1.00 bits per heavy atom. The van der Waals surface area contributed by atoms with Gasteiger partial charge >= 0.3 is 6.18 Å². The second-order valence-electron chi connectivity index (χ2n) is 10.5. The van der Waals surface area contributed by atoms with Crippen LogP contribution in [0.3, 0.4) is 0 Å². The first-order chi connectivity index (χ1) is 17.2. The van der Waals surface area contributed by atoms with E-state index in [2.05, 4.69) is 29.2 Å². The Kier molecular flexibility index (Phi) is 6.82. The molecule has 36 heavy (non-hydrogen) atoms. The molecule has 0 aliphatic heterocycles. The maximum absolute atomic E-state index is 13.0. The summed E-state index contributed by atoms with van der Waals surface area (Å²) in [6.07, 6.45) is 0.285. The van der Waals surface area contributed by atoms with Gasteiger partial charge in [0, 0.05) is 18.0 Å². The molecule has 1 N–H and O–H groups in total. The fourth-order valence-corrected chi connectivity index (χ4v) is 6.36. The molecule has 3 aromatic rings. The monoisotopic (exact) mass is 495 g/mol. The summed E-state index contributed by atoms with van der Waals surface area (Å²) in [5.41, 5.74) is 3.10. The SMILES string of the molecule is O[C@]1(CCC(F)(F)F)CC[C@@]2(Cc3ccccc3)c3ccc(OCc4ccccn4)cc3CC[C@@H]2C1. The van der Waals surface area contributed by atoms with Crippen molar-refractivity contribution in [3.05, 3.63) is 95.3 Å². The molecule has 0 amide bonds. The molecule has 0 bridgehead atoms. The lowest BCUT2D eigenvalue weighted by Crippen LogP contribution is -2.51. The molecule has 1 fully saturated rings. The van der Waals surface area contributed by atoms with Crippen molar-refractivity contribution in [2.75, 3.05) is 0 Å². The minimum absolute atomic E-state index is 0.123. The number of hydrogen-bond acceptors (Lipinski definition) is 3. The van der Waals surface area contributed by atoms with Gasteiger partial charge in [0.15, 0.2) is 0 Å². The van der Waals surface area contributed by atoms with Crippen molar-refractivity contribution in [1.29, 1.82) is 0 Å². The Morgan fingerprint density at radius 2 is 1.81 bits per heavy atom. The molecule has 3 atom stereocenters. The smallest absolute Gasteiger partial charge is 0.389 e. The molecule has 1 aromatic heterocycles. The maximum atomic E-state index is 13.0. The molecule has 2 aliphatic rings. The highest BCUT2D eigenvalue weighted by Crippen LogP contribution is 2.55. The van der Waals surface area contributed by atoms with Crippen LogP contribution in [0.4, 0.5) is 13.2 Å². The molecule has 0 saturated heterocycles. The number of benzene rings is 2. The van der Waals surface area contributed by atoms with E-state index < -0.39 is 18.2 Å². The number of aliphatic hydroxyl groups is 1. The van der Waals surface area contributed by atoms with Crippen LogP contribution < -0.4 is 4.74 Å². The van der Waals surface area contributed by atoms with Gasteiger partial charge < -0.3 is 9.84 Å². The van der Waals surface area contributed by atoms with Crippen LogP contribution in [0.1, 0.15) is 60.9 Å². The molecular formula is C30H32F3NO2. The van der Waals surface area contributed by atoms with Gasteiger partial charge in [-0.25, -0.2) is 0 Å². The van der Waals surface area contributed by atoms with Crippen molar-refractivity contribution in [1.82, 2.24) is 4.98 Å². The first kappa shape index (κ1) is 24.8. The van der Waals surface area contributed by atoms with Crippen LogP contribution in [0.2, 0.25) is 0 Å². The van der Waals surface area contributed by atoms with E-state index in [0.29, 0.717) is 25.9 Å². The summed E-state index contributed by atoms with van der Waals surface area (Å²) in [5.74, 6) is 0.919. The third kappa shape index (κ3) is 5.44. The summed E-state index contributed by atoms with van der Waals surface area (Å²) in [6, 6.07) is 22.3. The van der Waals surface area contributed by atoms with E-state index in [1.165, 1.54) is 16.7 Å². The lowest BCUT2D eigenvalue weighted by atomic mass is 9.52. The van der Waals surface area contributed by atoms with Crippen LogP contribution in [0.5, 0.6) is 5.75 Å². The van der Waals surface area contributed by atoms with Crippen LogP contribution >= 0.6 is 0 Å². The van der Waals surface area contributed by atoms with Crippen molar-refractivity contribution in [3.63, 3.8) is 0 Å². The molecule has 1 heterocycles. The molecular weight excluding hydrogens is 463 g/mol. The molecule has 5 rings (SSSR count).